The number of carbonyl (C=O) groups excluding carboxylic acids is 8. The molecule has 32 heteroatoms. The number of urea groups is 1. The predicted octanol–water partition coefficient (Wildman–Crippen LogP) is 6.25. The Labute approximate surface area is 671 Å². The maximum Gasteiger partial charge on any atom is 0.312 e. The third-order valence-corrected chi connectivity index (χ3v) is 19.1. The van der Waals surface area contributed by atoms with Gasteiger partial charge in [0.1, 0.15) is 18.6 Å². The van der Waals surface area contributed by atoms with Gasteiger partial charge in [-0.2, -0.15) is 0 Å². The summed E-state index contributed by atoms with van der Waals surface area (Å²) in [5.74, 6) is -2.26. The van der Waals surface area contributed by atoms with Crippen LogP contribution in [0, 0.1) is 5.92 Å². The Hall–Kier alpha value is -6.56. The molecule has 1 aromatic carbocycles. The van der Waals surface area contributed by atoms with Crippen molar-refractivity contribution < 1.29 is 95.2 Å². The number of ether oxygens (including phenoxy) is 12. The zero-order chi connectivity index (χ0) is 81.8. The Morgan fingerprint density at radius 1 is 0.460 bits per heavy atom. The highest BCUT2D eigenvalue weighted by Crippen LogP contribution is 2.22. The monoisotopic (exact) mass is 1610 g/mol. The molecule has 32 nitrogen and oxygen atoms in total. The molecule has 0 bridgehead atoms. The van der Waals surface area contributed by atoms with Crippen LogP contribution in [0.1, 0.15) is 188 Å². The van der Waals surface area contributed by atoms with Gasteiger partial charge in [0.25, 0.3) is 5.56 Å². The standard InChI is InChI=1S/C81H143N11O21/c1-6-8-9-10-11-12-13-14-15-16-17-18-20-28-73(94)83-33-23-19-21-29-75(96)89-77(66(3)7-2)78(98)88-72(80(100)91-38-36-90(37-39-91)68-30-31-71-69(63-68)79(99)92(65-86-71)64-76(97)87-70(67(4)93)27-25-35-85-81(82)101)26-22-24-34-84-74(95)32-40-103-43-44-105-47-48-107-51-52-109-55-56-111-59-60-113-62-61-112-58-57-110-54-53-108-50-49-106-46-45-104-42-41-102-5/h30-31,63,65-66,70,72,77H,6-29,32-62,64H2,1-5H3,(H,83,94)(H,84,95)(H,87,97)(H,88,98)(H,89,96)(H3,82,85,101)/t66-,70-,72-,77-/m0/s1. The summed E-state index contributed by atoms with van der Waals surface area (Å²) >= 11 is 0. The number of unbranched alkanes of at least 4 members (excludes halogenated alkanes) is 15. The minimum absolute atomic E-state index is 0.0593. The smallest absolute Gasteiger partial charge is 0.312 e. The number of primary amides is 1. The number of amides is 8. The van der Waals surface area contributed by atoms with E-state index in [1.807, 2.05) is 24.8 Å². The highest BCUT2D eigenvalue weighted by molar-refractivity contribution is 5.92. The number of hydrogen-bond donors (Lipinski definition) is 7. The minimum Gasteiger partial charge on any atom is -0.382 e. The first kappa shape index (κ1) is 101. The number of nitrogens with zero attached hydrogens (tertiary/aromatic N) is 4. The van der Waals surface area contributed by atoms with E-state index >= 15 is 0 Å². The van der Waals surface area contributed by atoms with E-state index in [1.165, 1.54) is 82.0 Å². The van der Waals surface area contributed by atoms with Crippen molar-refractivity contribution in [1.29, 1.82) is 0 Å². The number of Topliss-reactive ketones (excluding diaryl/α,β-unsaturated/α-hetero) is 1. The van der Waals surface area contributed by atoms with Crippen molar-refractivity contribution in [2.75, 3.05) is 210 Å². The van der Waals surface area contributed by atoms with E-state index in [9.17, 15) is 43.2 Å². The number of rotatable bonds is 76. The van der Waals surface area contributed by atoms with Crippen LogP contribution in [0.4, 0.5) is 10.5 Å². The van der Waals surface area contributed by atoms with Crippen molar-refractivity contribution in [3.8, 4) is 0 Å². The molecule has 3 rings (SSSR count). The van der Waals surface area contributed by atoms with Gasteiger partial charge in [-0.25, -0.2) is 9.78 Å². The lowest BCUT2D eigenvalue weighted by atomic mass is 9.97. The molecule has 1 aliphatic heterocycles. The average Bonchev–Trinajstić information content (AvgIpc) is 0.790. The molecule has 0 aliphatic carbocycles. The number of ketones is 1. The lowest BCUT2D eigenvalue weighted by Gasteiger charge is -2.38. The first-order valence-electron chi connectivity index (χ1n) is 41.9. The van der Waals surface area contributed by atoms with Crippen molar-refractivity contribution in [3.63, 3.8) is 0 Å². The number of hydrogen-bond acceptors (Lipinski definition) is 23. The van der Waals surface area contributed by atoms with Gasteiger partial charge in [0, 0.05) is 77.9 Å². The summed E-state index contributed by atoms with van der Waals surface area (Å²) in [5.41, 5.74) is 5.80. The summed E-state index contributed by atoms with van der Waals surface area (Å²) in [4.78, 5) is 126. The molecule has 0 unspecified atom stereocenters. The molecule has 648 valence electrons. The molecule has 0 radical (unpaired) electrons. The number of anilines is 1. The van der Waals surface area contributed by atoms with E-state index in [4.69, 9.17) is 62.6 Å². The van der Waals surface area contributed by atoms with Crippen molar-refractivity contribution in [2.24, 2.45) is 11.7 Å². The second kappa shape index (κ2) is 68.6. The molecule has 2 aromatic rings. The Morgan fingerprint density at radius 2 is 0.885 bits per heavy atom. The number of methoxy groups -OCH3 is 1. The van der Waals surface area contributed by atoms with Gasteiger partial charge in [0.05, 0.1) is 175 Å². The fourth-order valence-corrected chi connectivity index (χ4v) is 12.2. The second-order valence-electron chi connectivity index (χ2n) is 28.3. The van der Waals surface area contributed by atoms with Crippen molar-refractivity contribution in [1.82, 2.24) is 46.4 Å². The first-order chi connectivity index (χ1) is 55.1. The maximum absolute atomic E-state index is 14.6. The number of carbonyl (C=O) groups is 8. The van der Waals surface area contributed by atoms with Gasteiger partial charge in [-0.3, -0.25) is 42.9 Å². The average molecular weight is 1610 g/mol. The third-order valence-electron chi connectivity index (χ3n) is 19.1. The van der Waals surface area contributed by atoms with Crippen LogP contribution in [-0.4, -0.2) is 285 Å². The molecule has 1 aromatic heterocycles. The number of piperazine rings is 1. The normalized spacial score (nSPS) is 13.4. The van der Waals surface area contributed by atoms with Crippen LogP contribution in [0.2, 0.25) is 0 Å². The molecule has 1 aliphatic rings. The molecule has 113 heavy (non-hydrogen) atoms. The molecule has 8 amide bonds. The van der Waals surface area contributed by atoms with Crippen LogP contribution in [0.25, 0.3) is 10.9 Å². The van der Waals surface area contributed by atoms with Crippen LogP contribution in [0.3, 0.4) is 0 Å². The summed E-state index contributed by atoms with van der Waals surface area (Å²) in [6, 6.07) is 1.89. The third kappa shape index (κ3) is 51.9. The highest BCUT2D eigenvalue weighted by Gasteiger charge is 2.33. The number of benzene rings is 1. The van der Waals surface area contributed by atoms with E-state index in [2.05, 4.69) is 43.8 Å². The molecule has 2 heterocycles. The molecule has 0 spiro atoms. The maximum atomic E-state index is 14.6. The van der Waals surface area contributed by atoms with Gasteiger partial charge < -0.3 is 104 Å². The predicted molar refractivity (Wildman–Crippen MR) is 432 cm³/mol. The Morgan fingerprint density at radius 3 is 1.35 bits per heavy atom. The molecule has 0 saturated carbocycles. The summed E-state index contributed by atoms with van der Waals surface area (Å²) in [6.07, 6.45) is 22.9. The van der Waals surface area contributed by atoms with E-state index in [0.717, 1.165) is 32.1 Å². The van der Waals surface area contributed by atoms with Gasteiger partial charge in [0.15, 0.2) is 5.78 Å². The highest BCUT2D eigenvalue weighted by atomic mass is 16.6. The van der Waals surface area contributed by atoms with Crippen LogP contribution >= 0.6 is 0 Å². The summed E-state index contributed by atoms with van der Waals surface area (Å²) in [5, 5.41) is 17.4. The van der Waals surface area contributed by atoms with Crippen LogP contribution < -0.4 is 48.1 Å². The van der Waals surface area contributed by atoms with Gasteiger partial charge in [-0.05, 0) is 82.4 Å². The van der Waals surface area contributed by atoms with Crippen LogP contribution in [-0.2, 0) is 96.9 Å². The van der Waals surface area contributed by atoms with Crippen molar-refractivity contribution >= 4 is 63.8 Å². The largest absolute Gasteiger partial charge is 0.382 e. The summed E-state index contributed by atoms with van der Waals surface area (Å²) < 4.78 is 66.8. The van der Waals surface area contributed by atoms with E-state index in [-0.39, 0.29) is 86.1 Å². The van der Waals surface area contributed by atoms with Crippen LogP contribution in [0.5, 0.6) is 0 Å². The molecular weight excluding hydrogens is 1460 g/mol. The topological polar surface area (TPSA) is 387 Å². The summed E-state index contributed by atoms with van der Waals surface area (Å²) in [6.45, 7) is 19.7. The van der Waals surface area contributed by atoms with Gasteiger partial charge in [-0.15, -0.1) is 0 Å². The molecule has 8 N–H and O–H groups in total. The van der Waals surface area contributed by atoms with E-state index in [0.29, 0.717) is 234 Å². The Balaban J connectivity index is 1.38. The number of nitrogens with two attached hydrogens (primary N) is 1. The lowest BCUT2D eigenvalue weighted by molar-refractivity contribution is -0.138. The fourth-order valence-electron chi connectivity index (χ4n) is 12.2. The molecule has 4 atom stereocenters. The van der Waals surface area contributed by atoms with Crippen LogP contribution in [0.15, 0.2) is 29.3 Å². The lowest BCUT2D eigenvalue weighted by Crippen LogP contribution is -2.58. The number of fused-ring (bicyclic) bond motifs is 1. The van der Waals surface area contributed by atoms with Gasteiger partial charge in [-0.1, -0.05) is 111 Å². The molecular formula is C81H143N11O21. The van der Waals surface area contributed by atoms with Gasteiger partial charge >= 0.3 is 6.03 Å². The zero-order valence-electron chi connectivity index (χ0n) is 69.2. The quantitative estimate of drug-likeness (QED) is 0.0360. The van der Waals surface area contributed by atoms with Crippen molar-refractivity contribution in [2.45, 2.75) is 213 Å². The van der Waals surface area contributed by atoms with E-state index in [1.54, 1.807) is 24.1 Å². The number of aromatic nitrogens is 2. The van der Waals surface area contributed by atoms with Gasteiger partial charge in [0.2, 0.25) is 35.4 Å². The minimum atomic E-state index is -0.945. The Kier molecular flexibility index (Phi) is 61.1. The molecule has 1 fully saturated rings. The fraction of sp³-hybridized carbons (Fsp3) is 0.802. The first-order valence-corrected chi connectivity index (χ1v) is 41.9. The zero-order valence-corrected chi connectivity index (χ0v) is 69.2. The Bertz CT molecular complexity index is 2890. The van der Waals surface area contributed by atoms with E-state index < -0.39 is 41.5 Å². The van der Waals surface area contributed by atoms with Crippen molar-refractivity contribution in [3.05, 3.63) is 34.9 Å². The number of nitrogens with one attached hydrogen (secondary N) is 6. The summed E-state index contributed by atoms with van der Waals surface area (Å²) in [7, 11) is 1.64. The molecule has 1 saturated heterocycles. The SMILES string of the molecule is CCCCCCCCCCCCCCCC(=O)NCCCCCC(=O)N[C@H](C(=O)N[C@@H](CCCCNC(=O)CCOCCOCCOCCOCCOCCOCCOCCOCCOCCOCCOCCOC)C(=O)N1CCN(c2ccc3ncn(CC(=O)N[C@@H](CCCNC(N)=O)C(C)=O)c(=O)c3c2)CC1)[C@@H](C)CC. The second-order valence-corrected chi connectivity index (χ2v) is 28.3.